The first-order valence-electron chi connectivity index (χ1n) is 4.94. The van der Waals surface area contributed by atoms with Crippen molar-refractivity contribution in [3.05, 3.63) is 28.2 Å². The molecule has 0 radical (unpaired) electrons. The largest absolute Gasteiger partial charge is 0.507 e. The molecule has 0 fully saturated rings. The monoisotopic (exact) mass is 365 g/mol. The number of aromatic hydroxyl groups is 1. The fraction of sp³-hybridized carbons (Fsp3) is 0.364. The van der Waals surface area contributed by atoms with E-state index < -0.39 is 0 Å². The van der Waals surface area contributed by atoms with Crippen LogP contribution in [0.3, 0.4) is 0 Å². The highest BCUT2D eigenvalue weighted by molar-refractivity contribution is 9.10. The highest BCUT2D eigenvalue weighted by Gasteiger charge is 2.12. The van der Waals surface area contributed by atoms with Crippen molar-refractivity contribution >= 4 is 37.8 Å². The molecule has 0 bridgehead atoms. The summed E-state index contributed by atoms with van der Waals surface area (Å²) in [4.78, 5) is 11.8. The molecule has 1 rings (SSSR count). The molecule has 4 nitrogen and oxygen atoms in total. The third kappa shape index (κ3) is 4.65. The summed E-state index contributed by atoms with van der Waals surface area (Å²) in [6.07, 6.45) is 0. The van der Waals surface area contributed by atoms with E-state index in [4.69, 9.17) is 4.74 Å². The van der Waals surface area contributed by atoms with E-state index in [1.54, 1.807) is 19.2 Å². The molecule has 1 aromatic carbocycles. The summed E-state index contributed by atoms with van der Waals surface area (Å²) in [6, 6.07) is 4.75. The summed E-state index contributed by atoms with van der Waals surface area (Å²) >= 11 is 6.57. The molecule has 94 valence electrons. The van der Waals surface area contributed by atoms with Crippen molar-refractivity contribution in [1.82, 2.24) is 5.32 Å². The molecule has 0 heterocycles. The van der Waals surface area contributed by atoms with Crippen molar-refractivity contribution in [3.63, 3.8) is 0 Å². The van der Waals surface area contributed by atoms with Gasteiger partial charge in [-0.05, 0) is 18.2 Å². The van der Waals surface area contributed by atoms with Gasteiger partial charge in [0.25, 0.3) is 5.91 Å². The minimum absolute atomic E-state index is 0.0465. The number of amides is 1. The summed E-state index contributed by atoms with van der Waals surface area (Å²) in [6.45, 7) is 0.939. The summed E-state index contributed by atoms with van der Waals surface area (Å²) < 4.78 is 5.65. The smallest absolute Gasteiger partial charge is 0.255 e. The van der Waals surface area contributed by atoms with Gasteiger partial charge in [-0.25, -0.2) is 0 Å². The van der Waals surface area contributed by atoms with Gasteiger partial charge in [0.1, 0.15) is 5.75 Å². The summed E-state index contributed by atoms with van der Waals surface area (Å²) in [5.74, 6) is -0.356. The zero-order valence-electron chi connectivity index (χ0n) is 9.24. The molecule has 17 heavy (non-hydrogen) atoms. The molecule has 1 atom stereocenters. The highest BCUT2D eigenvalue weighted by Crippen LogP contribution is 2.22. The number of ether oxygens (including phenoxy) is 1. The summed E-state index contributed by atoms with van der Waals surface area (Å²) in [5, 5.41) is 12.3. The van der Waals surface area contributed by atoms with Gasteiger partial charge in [-0.2, -0.15) is 0 Å². The number of phenols is 1. The fourth-order valence-corrected chi connectivity index (χ4v) is 2.01. The van der Waals surface area contributed by atoms with Crippen LogP contribution in [0.2, 0.25) is 0 Å². The number of carbonyl (C=O) groups excluding carboxylic acids is 1. The fourth-order valence-electron chi connectivity index (χ4n) is 1.24. The summed E-state index contributed by atoms with van der Waals surface area (Å²) in [7, 11) is 1.59. The Morgan fingerprint density at radius 2 is 2.29 bits per heavy atom. The third-order valence-electron chi connectivity index (χ3n) is 2.04. The first-order valence-corrected chi connectivity index (χ1v) is 6.65. The second-order valence-corrected chi connectivity index (χ2v) is 5.63. The van der Waals surface area contributed by atoms with Crippen LogP contribution < -0.4 is 5.32 Å². The number of phenolic OH excluding ortho intramolecular Hbond substituents is 1. The van der Waals surface area contributed by atoms with Gasteiger partial charge in [-0.1, -0.05) is 31.9 Å². The number of alkyl halides is 1. The molecular formula is C11H13Br2NO3. The van der Waals surface area contributed by atoms with Crippen molar-refractivity contribution in [2.45, 2.75) is 4.83 Å². The van der Waals surface area contributed by atoms with Gasteiger partial charge in [0.15, 0.2) is 0 Å². The molecule has 0 aliphatic rings. The minimum atomic E-state index is -0.310. The highest BCUT2D eigenvalue weighted by atomic mass is 79.9. The molecule has 6 heteroatoms. The van der Waals surface area contributed by atoms with E-state index in [1.165, 1.54) is 6.07 Å². The average molecular weight is 367 g/mol. The van der Waals surface area contributed by atoms with Crippen LogP contribution in [0.25, 0.3) is 0 Å². The van der Waals surface area contributed by atoms with Crippen LogP contribution in [0.4, 0.5) is 0 Å². The quantitative estimate of drug-likeness (QED) is 0.786. The van der Waals surface area contributed by atoms with Crippen LogP contribution >= 0.6 is 31.9 Å². The number of methoxy groups -OCH3 is 1. The third-order valence-corrected chi connectivity index (χ3v) is 3.12. The second kappa shape index (κ2) is 6.98. The molecule has 0 spiro atoms. The van der Waals surface area contributed by atoms with Crippen molar-refractivity contribution in [3.8, 4) is 5.75 Å². The van der Waals surface area contributed by atoms with Gasteiger partial charge >= 0.3 is 0 Å². The maximum atomic E-state index is 11.7. The number of benzene rings is 1. The lowest BCUT2D eigenvalue weighted by molar-refractivity contribution is 0.0947. The Morgan fingerprint density at radius 1 is 1.59 bits per heavy atom. The first-order chi connectivity index (χ1) is 8.04. The molecule has 1 amide bonds. The molecule has 2 N–H and O–H groups in total. The number of rotatable bonds is 5. The maximum absolute atomic E-state index is 11.7. The molecule has 0 aliphatic heterocycles. The zero-order chi connectivity index (χ0) is 12.8. The van der Waals surface area contributed by atoms with E-state index in [0.29, 0.717) is 13.2 Å². The van der Waals surface area contributed by atoms with Gasteiger partial charge in [-0.3, -0.25) is 4.79 Å². The number of carbonyl (C=O) groups is 1. The molecule has 0 saturated carbocycles. The molecule has 0 aromatic heterocycles. The van der Waals surface area contributed by atoms with E-state index >= 15 is 0 Å². The normalized spacial score (nSPS) is 12.2. The van der Waals surface area contributed by atoms with Crippen molar-refractivity contribution in [2.24, 2.45) is 0 Å². The van der Waals surface area contributed by atoms with Crippen LogP contribution in [0, 0.1) is 0 Å². The van der Waals surface area contributed by atoms with E-state index in [1.807, 2.05) is 0 Å². The van der Waals surface area contributed by atoms with Gasteiger partial charge in [0.05, 0.1) is 17.0 Å². The molecular weight excluding hydrogens is 354 g/mol. The van der Waals surface area contributed by atoms with E-state index in [0.717, 1.165) is 4.47 Å². The van der Waals surface area contributed by atoms with E-state index in [2.05, 4.69) is 37.2 Å². The Hall–Kier alpha value is -0.590. The number of hydrogen-bond acceptors (Lipinski definition) is 3. The first kappa shape index (κ1) is 14.5. The molecule has 1 unspecified atom stereocenters. The van der Waals surface area contributed by atoms with Crippen LogP contribution in [-0.2, 0) is 4.74 Å². The lowest BCUT2D eigenvalue weighted by Gasteiger charge is -2.11. The molecule has 0 aliphatic carbocycles. The second-order valence-electron chi connectivity index (χ2n) is 3.42. The van der Waals surface area contributed by atoms with E-state index in [9.17, 15) is 9.90 Å². The predicted molar refractivity (Wildman–Crippen MR) is 72.7 cm³/mol. The van der Waals surface area contributed by atoms with Crippen molar-refractivity contribution < 1.29 is 14.6 Å². The molecule has 0 saturated heterocycles. The van der Waals surface area contributed by atoms with Crippen molar-refractivity contribution in [2.75, 3.05) is 20.3 Å². The van der Waals surface area contributed by atoms with Crippen LogP contribution in [0.15, 0.2) is 22.7 Å². The standard InChI is InChI=1S/C11H13Br2NO3/c1-17-6-8(13)5-14-11(16)9-3-2-7(12)4-10(9)15/h2-4,8,15H,5-6H2,1H3,(H,14,16). The number of halogens is 2. The predicted octanol–water partition coefficient (Wildman–Crippen LogP) is 2.29. The Labute approximate surface area is 117 Å². The average Bonchev–Trinajstić information content (AvgIpc) is 2.26. The van der Waals surface area contributed by atoms with Gasteiger partial charge < -0.3 is 15.2 Å². The molecule has 1 aromatic rings. The SMILES string of the molecule is COCC(Br)CNC(=O)c1ccc(Br)cc1O. The van der Waals surface area contributed by atoms with Crippen LogP contribution in [0.5, 0.6) is 5.75 Å². The van der Waals surface area contributed by atoms with Gasteiger partial charge in [0.2, 0.25) is 0 Å². The Kier molecular flexibility index (Phi) is 5.94. The Bertz CT molecular complexity index is 398. The zero-order valence-corrected chi connectivity index (χ0v) is 12.4. The maximum Gasteiger partial charge on any atom is 0.255 e. The van der Waals surface area contributed by atoms with Gasteiger partial charge in [-0.15, -0.1) is 0 Å². The lowest BCUT2D eigenvalue weighted by atomic mass is 10.2. The Morgan fingerprint density at radius 3 is 2.88 bits per heavy atom. The summed E-state index contributed by atoms with van der Waals surface area (Å²) in [5.41, 5.74) is 0.255. The van der Waals surface area contributed by atoms with Crippen LogP contribution in [0.1, 0.15) is 10.4 Å². The van der Waals surface area contributed by atoms with E-state index in [-0.39, 0.29) is 22.0 Å². The van der Waals surface area contributed by atoms with Crippen molar-refractivity contribution in [1.29, 1.82) is 0 Å². The lowest BCUT2D eigenvalue weighted by Crippen LogP contribution is -2.31. The van der Waals surface area contributed by atoms with Crippen LogP contribution in [-0.4, -0.2) is 36.1 Å². The number of hydrogen-bond donors (Lipinski definition) is 2. The Balaban J connectivity index is 2.58. The topological polar surface area (TPSA) is 58.6 Å². The van der Waals surface area contributed by atoms with Gasteiger partial charge in [0, 0.05) is 18.1 Å². The number of nitrogens with one attached hydrogen (secondary N) is 1. The minimum Gasteiger partial charge on any atom is -0.507 e.